The molecule has 124 valence electrons. The molecule has 4 nitrogen and oxygen atoms in total. The Kier molecular flexibility index (Phi) is 5.00. The van der Waals surface area contributed by atoms with Crippen LogP contribution in [0.2, 0.25) is 0 Å². The number of rotatable bonds is 5. The monoisotopic (exact) mass is 386 g/mol. The van der Waals surface area contributed by atoms with E-state index in [-0.39, 0.29) is 17.7 Å². The van der Waals surface area contributed by atoms with Crippen LogP contribution in [0, 0.1) is 5.92 Å². The molecule has 0 heterocycles. The van der Waals surface area contributed by atoms with Crippen molar-refractivity contribution >= 4 is 33.4 Å². The molecule has 0 spiro atoms. The van der Waals surface area contributed by atoms with Crippen molar-refractivity contribution in [1.82, 2.24) is 4.90 Å². The minimum Gasteiger partial charge on any atom is -0.337 e. The maximum Gasteiger partial charge on any atom is 0.253 e. The van der Waals surface area contributed by atoms with Gasteiger partial charge in [0.15, 0.2) is 0 Å². The fourth-order valence-corrected chi connectivity index (χ4v) is 2.74. The maximum atomic E-state index is 12.6. The van der Waals surface area contributed by atoms with Crippen molar-refractivity contribution in [1.29, 1.82) is 0 Å². The highest BCUT2D eigenvalue weighted by atomic mass is 79.9. The second kappa shape index (κ2) is 7.18. The van der Waals surface area contributed by atoms with Crippen molar-refractivity contribution in [3.05, 3.63) is 64.1 Å². The summed E-state index contributed by atoms with van der Waals surface area (Å²) in [6.45, 7) is 0.533. The first-order valence-corrected chi connectivity index (χ1v) is 8.73. The Bertz CT molecular complexity index is 754. The van der Waals surface area contributed by atoms with E-state index in [1.807, 2.05) is 30.3 Å². The van der Waals surface area contributed by atoms with Gasteiger partial charge in [-0.1, -0.05) is 34.1 Å². The highest BCUT2D eigenvalue weighted by molar-refractivity contribution is 9.10. The van der Waals surface area contributed by atoms with Crippen molar-refractivity contribution < 1.29 is 9.59 Å². The summed E-state index contributed by atoms with van der Waals surface area (Å²) in [7, 11) is 1.78. The van der Waals surface area contributed by atoms with Gasteiger partial charge in [-0.15, -0.1) is 0 Å². The van der Waals surface area contributed by atoms with E-state index in [0.717, 1.165) is 22.9 Å². The number of carbonyl (C=O) groups excluding carboxylic acids is 2. The second-order valence-corrected chi connectivity index (χ2v) is 7.05. The van der Waals surface area contributed by atoms with Crippen LogP contribution in [0.3, 0.4) is 0 Å². The zero-order valence-electron chi connectivity index (χ0n) is 13.5. The van der Waals surface area contributed by atoms with Crippen LogP contribution in [0.5, 0.6) is 0 Å². The van der Waals surface area contributed by atoms with Gasteiger partial charge in [0.2, 0.25) is 5.91 Å². The Hall–Kier alpha value is -2.14. The molecule has 0 radical (unpaired) electrons. The minimum absolute atomic E-state index is 0.0443. The summed E-state index contributed by atoms with van der Waals surface area (Å²) in [6.07, 6.45) is 1.92. The molecule has 1 aliphatic rings. The molecule has 0 aromatic heterocycles. The Morgan fingerprint density at radius 1 is 1.17 bits per heavy atom. The van der Waals surface area contributed by atoms with Crippen molar-refractivity contribution in [2.75, 3.05) is 12.4 Å². The Balaban J connectivity index is 1.66. The average Bonchev–Trinajstić information content (AvgIpc) is 3.41. The zero-order chi connectivity index (χ0) is 17.1. The molecule has 1 N–H and O–H groups in total. The quantitative estimate of drug-likeness (QED) is 0.841. The molecule has 0 bridgehead atoms. The third-order valence-electron chi connectivity index (χ3n) is 4.00. The van der Waals surface area contributed by atoms with Gasteiger partial charge >= 0.3 is 0 Å². The SMILES string of the molecule is CN(Cc1ccc(Br)cc1)C(=O)c1cccc(NC(=O)C2CC2)c1. The van der Waals surface area contributed by atoms with Gasteiger partial charge in [-0.25, -0.2) is 0 Å². The first kappa shape index (κ1) is 16.7. The fraction of sp³-hybridized carbons (Fsp3) is 0.263. The molecule has 5 heteroatoms. The van der Waals surface area contributed by atoms with E-state index in [1.165, 1.54) is 0 Å². The molecule has 2 aromatic rings. The first-order valence-electron chi connectivity index (χ1n) is 7.94. The zero-order valence-corrected chi connectivity index (χ0v) is 15.0. The van der Waals surface area contributed by atoms with Gasteiger partial charge in [-0.3, -0.25) is 9.59 Å². The van der Waals surface area contributed by atoms with E-state index in [1.54, 1.807) is 30.1 Å². The van der Waals surface area contributed by atoms with Crippen molar-refractivity contribution in [2.24, 2.45) is 5.92 Å². The molecule has 24 heavy (non-hydrogen) atoms. The lowest BCUT2D eigenvalue weighted by Crippen LogP contribution is -2.26. The molecule has 1 aliphatic carbocycles. The minimum atomic E-state index is -0.0690. The molecule has 1 fully saturated rings. The van der Waals surface area contributed by atoms with Crippen LogP contribution in [0.1, 0.15) is 28.8 Å². The van der Waals surface area contributed by atoms with Gasteiger partial charge in [-0.05, 0) is 48.7 Å². The fourth-order valence-electron chi connectivity index (χ4n) is 2.48. The van der Waals surface area contributed by atoms with Gasteiger partial charge < -0.3 is 10.2 Å². The highest BCUT2D eigenvalue weighted by Gasteiger charge is 2.29. The molecule has 3 rings (SSSR count). The van der Waals surface area contributed by atoms with E-state index in [2.05, 4.69) is 21.2 Å². The van der Waals surface area contributed by atoms with Crippen LogP contribution in [0.25, 0.3) is 0 Å². The van der Waals surface area contributed by atoms with Gasteiger partial charge in [-0.2, -0.15) is 0 Å². The van der Waals surface area contributed by atoms with Crippen LogP contribution >= 0.6 is 15.9 Å². The van der Waals surface area contributed by atoms with Gasteiger partial charge in [0, 0.05) is 35.2 Å². The summed E-state index contributed by atoms with van der Waals surface area (Å²) in [5.41, 5.74) is 2.31. The lowest BCUT2D eigenvalue weighted by atomic mass is 10.1. The maximum absolute atomic E-state index is 12.6. The summed E-state index contributed by atoms with van der Waals surface area (Å²) >= 11 is 3.40. The predicted molar refractivity (Wildman–Crippen MR) is 97.7 cm³/mol. The molecular formula is C19H19BrN2O2. The molecule has 2 amide bonds. The highest BCUT2D eigenvalue weighted by Crippen LogP contribution is 2.30. The third-order valence-corrected chi connectivity index (χ3v) is 4.53. The van der Waals surface area contributed by atoms with E-state index in [9.17, 15) is 9.59 Å². The van der Waals surface area contributed by atoms with E-state index >= 15 is 0 Å². The van der Waals surface area contributed by atoms with Gasteiger partial charge in [0.1, 0.15) is 0 Å². The summed E-state index contributed by atoms with van der Waals surface area (Å²) in [4.78, 5) is 26.1. The van der Waals surface area contributed by atoms with Crippen LogP contribution in [-0.2, 0) is 11.3 Å². The number of amides is 2. The summed E-state index contributed by atoms with van der Waals surface area (Å²) < 4.78 is 1.01. The average molecular weight is 387 g/mol. The molecular weight excluding hydrogens is 368 g/mol. The number of benzene rings is 2. The lowest BCUT2D eigenvalue weighted by Gasteiger charge is -2.18. The number of nitrogens with zero attached hydrogens (tertiary/aromatic N) is 1. The van der Waals surface area contributed by atoms with Crippen molar-refractivity contribution in [3.63, 3.8) is 0 Å². The lowest BCUT2D eigenvalue weighted by molar-refractivity contribution is -0.117. The van der Waals surface area contributed by atoms with E-state index in [0.29, 0.717) is 17.8 Å². The number of nitrogens with one attached hydrogen (secondary N) is 1. The molecule has 2 aromatic carbocycles. The number of anilines is 1. The van der Waals surface area contributed by atoms with Crippen LogP contribution in [0.15, 0.2) is 53.0 Å². The molecule has 0 unspecified atom stereocenters. The molecule has 0 aliphatic heterocycles. The summed E-state index contributed by atoms with van der Waals surface area (Å²) in [6, 6.07) is 15.0. The Morgan fingerprint density at radius 2 is 1.88 bits per heavy atom. The van der Waals surface area contributed by atoms with Crippen molar-refractivity contribution in [3.8, 4) is 0 Å². The first-order chi connectivity index (χ1) is 11.5. The standard InChI is InChI=1S/C19H19BrN2O2/c1-22(12-13-5-9-16(20)10-6-13)19(24)15-3-2-4-17(11-15)21-18(23)14-7-8-14/h2-6,9-11,14H,7-8,12H2,1H3,(H,21,23). The molecule has 1 saturated carbocycles. The van der Waals surface area contributed by atoms with Gasteiger partial charge in [0.25, 0.3) is 5.91 Å². The van der Waals surface area contributed by atoms with Gasteiger partial charge in [0.05, 0.1) is 0 Å². The topological polar surface area (TPSA) is 49.4 Å². The summed E-state index contributed by atoms with van der Waals surface area (Å²) in [5, 5.41) is 2.88. The molecule has 0 atom stereocenters. The third kappa shape index (κ3) is 4.23. The van der Waals surface area contributed by atoms with E-state index in [4.69, 9.17) is 0 Å². The Morgan fingerprint density at radius 3 is 2.54 bits per heavy atom. The largest absolute Gasteiger partial charge is 0.337 e. The van der Waals surface area contributed by atoms with Crippen LogP contribution in [0.4, 0.5) is 5.69 Å². The predicted octanol–water partition coefficient (Wildman–Crippen LogP) is 4.07. The second-order valence-electron chi connectivity index (χ2n) is 6.13. The number of hydrogen-bond acceptors (Lipinski definition) is 2. The number of halogens is 1. The smallest absolute Gasteiger partial charge is 0.253 e. The van der Waals surface area contributed by atoms with Crippen LogP contribution < -0.4 is 5.32 Å². The normalized spacial score (nSPS) is 13.4. The summed E-state index contributed by atoms with van der Waals surface area (Å²) in [5.74, 6) is 0.118. The number of carbonyl (C=O) groups is 2. The van der Waals surface area contributed by atoms with E-state index < -0.39 is 0 Å². The van der Waals surface area contributed by atoms with Crippen molar-refractivity contribution in [2.45, 2.75) is 19.4 Å². The molecule has 0 saturated heterocycles. The van der Waals surface area contributed by atoms with Crippen LogP contribution in [-0.4, -0.2) is 23.8 Å². The number of hydrogen-bond donors (Lipinski definition) is 1. The Labute approximate surface area is 150 Å².